The molecule has 1 aliphatic heterocycles. The van der Waals surface area contributed by atoms with Gasteiger partial charge < -0.3 is 14.7 Å². The van der Waals surface area contributed by atoms with Gasteiger partial charge >= 0.3 is 0 Å². The maximum absolute atomic E-state index is 12.8. The van der Waals surface area contributed by atoms with Gasteiger partial charge in [0.15, 0.2) is 11.6 Å². The van der Waals surface area contributed by atoms with Crippen molar-refractivity contribution < 1.29 is 18.9 Å². The Morgan fingerprint density at radius 2 is 1.53 bits per heavy atom. The second kappa shape index (κ2) is 9.57. The van der Waals surface area contributed by atoms with Crippen molar-refractivity contribution in [3.63, 3.8) is 0 Å². The molecule has 0 bridgehead atoms. The average molecular weight is 432 g/mol. The number of piperazine rings is 1. The van der Waals surface area contributed by atoms with Crippen molar-refractivity contribution >= 4 is 23.4 Å². The number of ketones is 1. The first-order valence-electron chi connectivity index (χ1n) is 10.4. The van der Waals surface area contributed by atoms with Gasteiger partial charge in [0.05, 0.1) is 6.54 Å². The molecule has 0 saturated carbocycles. The molecule has 4 rings (SSSR count). The number of benzene rings is 2. The predicted octanol–water partition coefficient (Wildman–Crippen LogP) is 2.61. The van der Waals surface area contributed by atoms with E-state index in [2.05, 4.69) is 10.5 Å². The van der Waals surface area contributed by atoms with Crippen LogP contribution in [0.3, 0.4) is 0 Å². The van der Waals surface area contributed by atoms with E-state index >= 15 is 0 Å². The molecule has 2 heterocycles. The van der Waals surface area contributed by atoms with Crippen LogP contribution in [0.15, 0.2) is 65.2 Å². The molecule has 1 N–H and O–H groups in total. The number of rotatable bonds is 6. The third-order valence-electron chi connectivity index (χ3n) is 5.35. The fourth-order valence-electron chi connectivity index (χ4n) is 3.62. The molecule has 0 unspecified atom stereocenters. The number of nitrogens with one attached hydrogen (secondary N) is 1. The van der Waals surface area contributed by atoms with E-state index in [1.165, 1.54) is 0 Å². The van der Waals surface area contributed by atoms with E-state index in [1.54, 1.807) is 54.3 Å². The summed E-state index contributed by atoms with van der Waals surface area (Å²) in [6.45, 7) is 4.24. The molecule has 0 atom stereocenters. The number of hydrogen-bond acceptors (Lipinski definition) is 6. The van der Waals surface area contributed by atoms with Gasteiger partial charge in [0, 0.05) is 48.9 Å². The molecule has 1 aliphatic rings. The highest BCUT2D eigenvalue weighted by Gasteiger charge is 2.24. The molecule has 32 heavy (non-hydrogen) atoms. The van der Waals surface area contributed by atoms with Crippen molar-refractivity contribution in [2.45, 2.75) is 6.92 Å². The molecule has 1 fully saturated rings. The molecular formula is C24H24N4O4. The van der Waals surface area contributed by atoms with E-state index in [9.17, 15) is 14.4 Å². The number of carbonyl (C=O) groups excluding carboxylic acids is 3. The number of aryl methyl sites for hydroxylation is 1. The third kappa shape index (κ3) is 5.09. The van der Waals surface area contributed by atoms with Crippen LogP contribution in [-0.4, -0.2) is 65.3 Å². The minimum Gasteiger partial charge on any atom is -0.360 e. The molecule has 2 amide bonds. The number of nitrogens with zero attached hydrogens (tertiary/aromatic N) is 3. The normalized spacial score (nSPS) is 14.2. The number of carbonyl (C=O) groups is 3. The highest BCUT2D eigenvalue weighted by atomic mass is 16.5. The standard InChI is InChI=1S/C24H24N4O4/c1-17-15-21(26-32-17)25-22(29)16-27-11-13-28(14-12-27)24(31)20-9-7-19(8-10-20)23(30)18-5-3-2-4-6-18/h2-10,15H,11-14,16H2,1H3,(H,25,26,29). The predicted molar refractivity (Wildman–Crippen MR) is 119 cm³/mol. The minimum absolute atomic E-state index is 0.0720. The Balaban J connectivity index is 1.28. The quantitative estimate of drug-likeness (QED) is 0.602. The van der Waals surface area contributed by atoms with Crippen molar-refractivity contribution in [2.75, 3.05) is 38.0 Å². The van der Waals surface area contributed by atoms with Crippen molar-refractivity contribution in [1.82, 2.24) is 15.0 Å². The lowest BCUT2D eigenvalue weighted by Crippen LogP contribution is -2.50. The minimum atomic E-state index is -0.170. The zero-order valence-electron chi connectivity index (χ0n) is 17.8. The lowest BCUT2D eigenvalue weighted by molar-refractivity contribution is -0.117. The smallest absolute Gasteiger partial charge is 0.253 e. The summed E-state index contributed by atoms with van der Waals surface area (Å²) in [5.74, 6) is 0.709. The summed E-state index contributed by atoms with van der Waals surface area (Å²) in [6, 6.07) is 17.5. The molecule has 2 aromatic carbocycles. The van der Waals surface area contributed by atoms with Gasteiger partial charge in [0.25, 0.3) is 5.91 Å². The Bertz CT molecular complexity index is 1100. The van der Waals surface area contributed by atoms with Crippen LogP contribution in [0.1, 0.15) is 32.0 Å². The summed E-state index contributed by atoms with van der Waals surface area (Å²) in [5.41, 5.74) is 1.71. The zero-order valence-corrected chi connectivity index (χ0v) is 17.8. The van der Waals surface area contributed by atoms with Crippen LogP contribution < -0.4 is 5.32 Å². The summed E-state index contributed by atoms with van der Waals surface area (Å²) in [5, 5.41) is 6.45. The average Bonchev–Trinajstić information content (AvgIpc) is 3.23. The monoisotopic (exact) mass is 432 g/mol. The first-order valence-corrected chi connectivity index (χ1v) is 10.4. The first-order chi connectivity index (χ1) is 15.5. The van der Waals surface area contributed by atoms with Crippen molar-refractivity contribution in [1.29, 1.82) is 0 Å². The lowest BCUT2D eigenvalue weighted by atomic mass is 10.0. The first kappa shape index (κ1) is 21.5. The summed E-state index contributed by atoms with van der Waals surface area (Å²) >= 11 is 0. The molecule has 0 spiro atoms. The maximum atomic E-state index is 12.8. The largest absolute Gasteiger partial charge is 0.360 e. The number of hydrogen-bond donors (Lipinski definition) is 1. The molecule has 164 valence electrons. The second-order valence-electron chi connectivity index (χ2n) is 7.71. The Labute approximate surface area is 185 Å². The van der Waals surface area contributed by atoms with Gasteiger partial charge in [-0.3, -0.25) is 19.3 Å². The van der Waals surface area contributed by atoms with E-state index in [4.69, 9.17) is 4.52 Å². The SMILES string of the molecule is Cc1cc(NC(=O)CN2CCN(C(=O)c3ccc(C(=O)c4ccccc4)cc3)CC2)no1. The fourth-order valence-corrected chi connectivity index (χ4v) is 3.62. The van der Waals surface area contributed by atoms with Gasteiger partial charge in [-0.15, -0.1) is 0 Å². The molecule has 0 radical (unpaired) electrons. The van der Waals surface area contributed by atoms with Gasteiger partial charge in [-0.25, -0.2) is 0 Å². The fraction of sp³-hybridized carbons (Fsp3) is 0.250. The van der Waals surface area contributed by atoms with Gasteiger partial charge in [-0.1, -0.05) is 47.6 Å². The molecule has 3 aromatic rings. The van der Waals surface area contributed by atoms with E-state index in [0.29, 0.717) is 54.4 Å². The van der Waals surface area contributed by atoms with E-state index in [1.807, 2.05) is 23.1 Å². The Hall–Kier alpha value is -3.78. The highest BCUT2D eigenvalue weighted by molar-refractivity contribution is 6.09. The van der Waals surface area contributed by atoms with Crippen molar-refractivity contribution in [3.05, 3.63) is 83.1 Å². The molecule has 1 aromatic heterocycles. The van der Waals surface area contributed by atoms with Gasteiger partial charge in [0.1, 0.15) is 5.76 Å². The van der Waals surface area contributed by atoms with Crippen LogP contribution in [0.4, 0.5) is 5.82 Å². The molecule has 8 nitrogen and oxygen atoms in total. The van der Waals surface area contributed by atoms with Gasteiger partial charge in [-0.2, -0.15) is 0 Å². The Morgan fingerprint density at radius 1 is 0.906 bits per heavy atom. The number of anilines is 1. The van der Waals surface area contributed by atoms with Crippen LogP contribution >= 0.6 is 0 Å². The molecule has 0 aliphatic carbocycles. The lowest BCUT2D eigenvalue weighted by Gasteiger charge is -2.34. The van der Waals surface area contributed by atoms with Crippen LogP contribution in [0, 0.1) is 6.92 Å². The summed E-state index contributed by atoms with van der Waals surface area (Å²) in [4.78, 5) is 41.3. The van der Waals surface area contributed by atoms with E-state index in [0.717, 1.165) is 0 Å². The summed E-state index contributed by atoms with van der Waals surface area (Å²) < 4.78 is 4.94. The highest BCUT2D eigenvalue weighted by Crippen LogP contribution is 2.14. The topological polar surface area (TPSA) is 95.8 Å². The second-order valence-corrected chi connectivity index (χ2v) is 7.71. The van der Waals surface area contributed by atoms with Gasteiger partial charge in [-0.05, 0) is 19.1 Å². The molecule has 1 saturated heterocycles. The van der Waals surface area contributed by atoms with Gasteiger partial charge in [0.2, 0.25) is 5.91 Å². The van der Waals surface area contributed by atoms with E-state index in [-0.39, 0.29) is 24.1 Å². The van der Waals surface area contributed by atoms with E-state index < -0.39 is 0 Å². The zero-order chi connectivity index (χ0) is 22.5. The van der Waals surface area contributed by atoms with Crippen LogP contribution in [-0.2, 0) is 4.79 Å². The maximum Gasteiger partial charge on any atom is 0.253 e. The van der Waals surface area contributed by atoms with Crippen molar-refractivity contribution in [3.8, 4) is 0 Å². The number of amides is 2. The summed E-state index contributed by atoms with van der Waals surface area (Å²) in [6.07, 6.45) is 0. The summed E-state index contributed by atoms with van der Waals surface area (Å²) in [7, 11) is 0. The van der Waals surface area contributed by atoms with Crippen LogP contribution in [0.25, 0.3) is 0 Å². The molecule has 8 heteroatoms. The number of aromatic nitrogens is 1. The Morgan fingerprint density at radius 3 is 2.16 bits per heavy atom. The van der Waals surface area contributed by atoms with Crippen LogP contribution in [0.5, 0.6) is 0 Å². The Kier molecular flexibility index (Phi) is 6.42. The van der Waals surface area contributed by atoms with Crippen LogP contribution in [0.2, 0.25) is 0 Å². The molecular weight excluding hydrogens is 408 g/mol. The van der Waals surface area contributed by atoms with Crippen molar-refractivity contribution in [2.24, 2.45) is 0 Å². The third-order valence-corrected chi connectivity index (χ3v) is 5.35.